The molecule has 1 rings (SSSR count). The molecule has 0 aliphatic heterocycles. The number of benzene rings is 1. The van der Waals surface area contributed by atoms with E-state index in [1.165, 1.54) is 5.56 Å². The largest absolute Gasteiger partial charge is 0.311 e. The van der Waals surface area contributed by atoms with Gasteiger partial charge in [0.25, 0.3) is 0 Å². The maximum atomic E-state index is 5.33. The molecular weight excluding hydrogens is 218 g/mol. The lowest BCUT2D eigenvalue weighted by Crippen LogP contribution is -2.38. The Morgan fingerprint density at radius 1 is 1.17 bits per heavy atom. The summed E-state index contributed by atoms with van der Waals surface area (Å²) in [7, 11) is 0. The standard InChI is InChI=1S/C17H25N/c1-6-10-14(2)18-15(3)13-17(4,5)16-11-8-7-9-12-16/h1,7-9,11-12,14-15,18H,10,13H2,2-5H3. The summed E-state index contributed by atoms with van der Waals surface area (Å²) >= 11 is 0. The average Bonchev–Trinajstić information content (AvgIpc) is 2.29. The molecule has 1 aromatic carbocycles. The van der Waals surface area contributed by atoms with Crippen LogP contribution in [0.5, 0.6) is 0 Å². The Morgan fingerprint density at radius 3 is 2.33 bits per heavy atom. The topological polar surface area (TPSA) is 12.0 Å². The van der Waals surface area contributed by atoms with E-state index in [9.17, 15) is 0 Å². The Bertz CT molecular complexity index is 386. The van der Waals surface area contributed by atoms with Gasteiger partial charge in [-0.05, 0) is 31.2 Å². The number of rotatable bonds is 6. The van der Waals surface area contributed by atoms with E-state index in [2.05, 4.69) is 69.3 Å². The first kappa shape index (κ1) is 14.8. The van der Waals surface area contributed by atoms with Gasteiger partial charge >= 0.3 is 0 Å². The van der Waals surface area contributed by atoms with Crippen LogP contribution in [0.1, 0.15) is 46.1 Å². The third-order valence-corrected chi connectivity index (χ3v) is 3.36. The molecule has 0 heterocycles. The Kier molecular flexibility index (Phi) is 5.44. The minimum absolute atomic E-state index is 0.184. The van der Waals surface area contributed by atoms with Crippen molar-refractivity contribution >= 4 is 0 Å². The van der Waals surface area contributed by atoms with Gasteiger partial charge in [0.15, 0.2) is 0 Å². The lowest BCUT2D eigenvalue weighted by atomic mass is 9.79. The quantitative estimate of drug-likeness (QED) is 0.750. The van der Waals surface area contributed by atoms with Crippen LogP contribution in [0.3, 0.4) is 0 Å². The van der Waals surface area contributed by atoms with Crippen LogP contribution in [0.2, 0.25) is 0 Å². The van der Waals surface area contributed by atoms with Crippen molar-refractivity contribution in [3.8, 4) is 12.3 Å². The first-order valence-electron chi connectivity index (χ1n) is 6.71. The smallest absolute Gasteiger partial charge is 0.0238 e. The predicted octanol–water partition coefficient (Wildman–Crippen LogP) is 3.74. The number of terminal acetylenes is 1. The second-order valence-corrected chi connectivity index (χ2v) is 5.83. The number of nitrogens with one attached hydrogen (secondary N) is 1. The minimum atomic E-state index is 0.184. The molecule has 0 bridgehead atoms. The molecule has 0 saturated heterocycles. The lowest BCUT2D eigenvalue weighted by molar-refractivity contribution is 0.365. The van der Waals surface area contributed by atoms with Crippen molar-refractivity contribution in [2.45, 2.75) is 58.0 Å². The molecule has 0 saturated carbocycles. The highest BCUT2D eigenvalue weighted by molar-refractivity contribution is 5.23. The summed E-state index contributed by atoms with van der Waals surface area (Å²) in [5.74, 6) is 2.70. The van der Waals surface area contributed by atoms with Crippen LogP contribution < -0.4 is 5.32 Å². The van der Waals surface area contributed by atoms with E-state index in [1.54, 1.807) is 0 Å². The monoisotopic (exact) mass is 243 g/mol. The molecule has 0 radical (unpaired) electrons. The minimum Gasteiger partial charge on any atom is -0.311 e. The molecule has 1 nitrogen and oxygen atoms in total. The predicted molar refractivity (Wildman–Crippen MR) is 79.6 cm³/mol. The van der Waals surface area contributed by atoms with Crippen LogP contribution in [0.4, 0.5) is 0 Å². The summed E-state index contributed by atoms with van der Waals surface area (Å²) in [5.41, 5.74) is 1.58. The van der Waals surface area contributed by atoms with Crippen molar-refractivity contribution < 1.29 is 0 Å². The fourth-order valence-corrected chi connectivity index (χ4v) is 2.55. The van der Waals surface area contributed by atoms with E-state index in [4.69, 9.17) is 6.42 Å². The van der Waals surface area contributed by atoms with Crippen molar-refractivity contribution in [1.29, 1.82) is 0 Å². The van der Waals surface area contributed by atoms with Crippen LogP contribution in [-0.2, 0) is 5.41 Å². The summed E-state index contributed by atoms with van der Waals surface area (Å²) in [6, 6.07) is 11.5. The first-order valence-corrected chi connectivity index (χ1v) is 6.71. The van der Waals surface area contributed by atoms with Gasteiger partial charge in [-0.1, -0.05) is 44.2 Å². The molecule has 1 heteroatoms. The Hall–Kier alpha value is -1.26. The summed E-state index contributed by atoms with van der Waals surface area (Å²) in [6.45, 7) is 8.97. The molecule has 0 amide bonds. The van der Waals surface area contributed by atoms with Gasteiger partial charge in [-0.25, -0.2) is 0 Å². The summed E-state index contributed by atoms with van der Waals surface area (Å²) in [6.07, 6.45) is 7.22. The maximum absolute atomic E-state index is 5.33. The highest BCUT2D eigenvalue weighted by atomic mass is 14.9. The Balaban J connectivity index is 2.58. The molecule has 98 valence electrons. The Morgan fingerprint density at radius 2 is 1.78 bits per heavy atom. The molecule has 1 N–H and O–H groups in total. The van der Waals surface area contributed by atoms with Gasteiger partial charge in [-0.3, -0.25) is 0 Å². The molecule has 0 aliphatic rings. The lowest BCUT2D eigenvalue weighted by Gasteiger charge is -2.30. The van der Waals surface area contributed by atoms with Gasteiger partial charge in [-0.15, -0.1) is 12.3 Å². The third-order valence-electron chi connectivity index (χ3n) is 3.36. The third kappa shape index (κ3) is 4.55. The zero-order chi connectivity index (χ0) is 13.6. The SMILES string of the molecule is C#CCC(C)NC(C)CC(C)(C)c1ccccc1. The second-order valence-electron chi connectivity index (χ2n) is 5.83. The van der Waals surface area contributed by atoms with Gasteiger partial charge in [0.1, 0.15) is 0 Å². The van der Waals surface area contributed by atoms with Gasteiger partial charge in [-0.2, -0.15) is 0 Å². The van der Waals surface area contributed by atoms with Crippen molar-refractivity contribution in [1.82, 2.24) is 5.32 Å². The summed E-state index contributed by atoms with van der Waals surface area (Å²) in [4.78, 5) is 0. The van der Waals surface area contributed by atoms with E-state index in [1.807, 2.05) is 0 Å². The van der Waals surface area contributed by atoms with Crippen LogP contribution in [0.15, 0.2) is 30.3 Å². The van der Waals surface area contributed by atoms with Crippen molar-refractivity contribution in [2.75, 3.05) is 0 Å². The molecule has 0 fully saturated rings. The van der Waals surface area contributed by atoms with Crippen molar-refractivity contribution in [2.24, 2.45) is 0 Å². The molecule has 0 aromatic heterocycles. The number of hydrogen-bond donors (Lipinski definition) is 1. The van der Waals surface area contributed by atoms with Crippen LogP contribution in [0, 0.1) is 12.3 Å². The molecule has 0 spiro atoms. The van der Waals surface area contributed by atoms with E-state index >= 15 is 0 Å². The zero-order valence-corrected chi connectivity index (χ0v) is 12.0. The molecule has 1 aromatic rings. The van der Waals surface area contributed by atoms with Gasteiger partial charge in [0.05, 0.1) is 0 Å². The van der Waals surface area contributed by atoms with E-state index in [0.29, 0.717) is 12.1 Å². The zero-order valence-electron chi connectivity index (χ0n) is 12.0. The van der Waals surface area contributed by atoms with Gasteiger partial charge in [0.2, 0.25) is 0 Å². The molecule has 2 atom stereocenters. The fraction of sp³-hybridized carbons (Fsp3) is 0.529. The number of hydrogen-bond acceptors (Lipinski definition) is 1. The van der Waals surface area contributed by atoms with Crippen LogP contribution in [-0.4, -0.2) is 12.1 Å². The van der Waals surface area contributed by atoms with Gasteiger partial charge < -0.3 is 5.32 Å². The highest BCUT2D eigenvalue weighted by Gasteiger charge is 2.23. The second kappa shape index (κ2) is 6.61. The van der Waals surface area contributed by atoms with Crippen molar-refractivity contribution in [3.05, 3.63) is 35.9 Å². The molecule has 18 heavy (non-hydrogen) atoms. The van der Waals surface area contributed by atoms with Crippen LogP contribution >= 0.6 is 0 Å². The van der Waals surface area contributed by atoms with Gasteiger partial charge in [0, 0.05) is 18.5 Å². The molecule has 0 aliphatic carbocycles. The van der Waals surface area contributed by atoms with E-state index in [0.717, 1.165) is 12.8 Å². The fourth-order valence-electron chi connectivity index (χ4n) is 2.55. The first-order chi connectivity index (χ1) is 8.45. The van der Waals surface area contributed by atoms with Crippen LogP contribution in [0.25, 0.3) is 0 Å². The van der Waals surface area contributed by atoms with E-state index in [-0.39, 0.29) is 5.41 Å². The summed E-state index contributed by atoms with van der Waals surface area (Å²) < 4.78 is 0. The average molecular weight is 243 g/mol. The normalized spacial score (nSPS) is 14.8. The summed E-state index contributed by atoms with van der Waals surface area (Å²) in [5, 5.41) is 3.56. The van der Waals surface area contributed by atoms with E-state index < -0.39 is 0 Å². The van der Waals surface area contributed by atoms with Crippen molar-refractivity contribution in [3.63, 3.8) is 0 Å². The Labute approximate surface area is 112 Å². The molecular formula is C17H25N. The molecule has 2 unspecified atom stereocenters. The maximum Gasteiger partial charge on any atom is 0.0238 e. The highest BCUT2D eigenvalue weighted by Crippen LogP contribution is 2.28.